The first kappa shape index (κ1) is 14.6. The minimum atomic E-state index is -0.510. The van der Waals surface area contributed by atoms with Gasteiger partial charge in [-0.15, -0.1) is 0 Å². The van der Waals surface area contributed by atoms with Gasteiger partial charge in [0, 0.05) is 24.0 Å². The molecule has 0 aliphatic carbocycles. The second kappa shape index (κ2) is 7.07. The molecule has 17 heavy (non-hydrogen) atoms. The molecule has 1 aromatic carbocycles. The molecule has 0 spiro atoms. The quantitative estimate of drug-likeness (QED) is 0.719. The molecule has 1 rings (SSSR count). The van der Waals surface area contributed by atoms with Gasteiger partial charge in [-0.05, 0) is 44.5 Å². The van der Waals surface area contributed by atoms with Crippen LogP contribution in [0.15, 0.2) is 18.2 Å². The van der Waals surface area contributed by atoms with Crippen molar-refractivity contribution in [2.24, 2.45) is 0 Å². The Morgan fingerprint density at radius 1 is 1.18 bits per heavy atom. The molecule has 0 aliphatic rings. The molecule has 1 aromatic rings. The van der Waals surface area contributed by atoms with Crippen molar-refractivity contribution in [2.45, 2.75) is 32.9 Å². The Balaban J connectivity index is 2.71. The molecule has 0 bridgehead atoms. The summed E-state index contributed by atoms with van der Waals surface area (Å²) in [5, 5.41) is 0.938. The van der Waals surface area contributed by atoms with E-state index >= 15 is 0 Å². The Kier molecular flexibility index (Phi) is 6.06. The fourth-order valence-corrected chi connectivity index (χ4v) is 1.97. The van der Waals surface area contributed by atoms with E-state index in [1.165, 1.54) is 12.1 Å². The topological polar surface area (TPSA) is 3.24 Å². The summed E-state index contributed by atoms with van der Waals surface area (Å²) in [6.45, 7) is 5.67. The van der Waals surface area contributed by atoms with Crippen molar-refractivity contribution in [3.8, 4) is 0 Å². The number of hydrogen-bond acceptors (Lipinski definition) is 1. The maximum absolute atomic E-state index is 13.1. The molecule has 0 amide bonds. The molecule has 0 heterocycles. The Hall–Kier alpha value is -0.480. The smallest absolute Gasteiger partial charge is 0.126 e. The van der Waals surface area contributed by atoms with E-state index < -0.39 is 11.6 Å². The zero-order chi connectivity index (χ0) is 12.8. The number of halogens is 3. The van der Waals surface area contributed by atoms with Gasteiger partial charge in [0.25, 0.3) is 0 Å². The van der Waals surface area contributed by atoms with Gasteiger partial charge in [-0.2, -0.15) is 0 Å². The zero-order valence-electron chi connectivity index (χ0n) is 10.2. The van der Waals surface area contributed by atoms with Crippen LogP contribution in [0.3, 0.4) is 0 Å². The summed E-state index contributed by atoms with van der Waals surface area (Å²) >= 11 is 3.39. The average molecular weight is 306 g/mol. The van der Waals surface area contributed by atoms with Crippen molar-refractivity contribution in [3.63, 3.8) is 0 Å². The summed E-state index contributed by atoms with van der Waals surface area (Å²) < 4.78 is 26.1. The molecule has 0 saturated heterocycles. The van der Waals surface area contributed by atoms with Crippen molar-refractivity contribution < 1.29 is 8.78 Å². The SMILES string of the molecule is CC(C)N(CCCBr)Cc1cc(F)cc(F)c1. The van der Waals surface area contributed by atoms with Gasteiger partial charge < -0.3 is 0 Å². The lowest BCUT2D eigenvalue weighted by atomic mass is 10.1. The van der Waals surface area contributed by atoms with Crippen LogP contribution in [0.1, 0.15) is 25.8 Å². The third-order valence-electron chi connectivity index (χ3n) is 2.62. The highest BCUT2D eigenvalue weighted by Crippen LogP contribution is 2.13. The Morgan fingerprint density at radius 3 is 2.24 bits per heavy atom. The zero-order valence-corrected chi connectivity index (χ0v) is 11.8. The molecule has 0 aliphatic heterocycles. The normalized spacial score (nSPS) is 11.5. The van der Waals surface area contributed by atoms with E-state index in [0.717, 1.165) is 24.4 Å². The van der Waals surface area contributed by atoms with Crippen molar-refractivity contribution in [3.05, 3.63) is 35.4 Å². The van der Waals surface area contributed by atoms with Crippen molar-refractivity contribution in [1.82, 2.24) is 4.90 Å². The Morgan fingerprint density at radius 2 is 1.76 bits per heavy atom. The minimum Gasteiger partial charge on any atom is -0.297 e. The third-order valence-corrected chi connectivity index (χ3v) is 3.18. The summed E-state index contributed by atoms with van der Waals surface area (Å²) in [7, 11) is 0. The van der Waals surface area contributed by atoms with Gasteiger partial charge in [0.2, 0.25) is 0 Å². The highest BCUT2D eigenvalue weighted by Gasteiger charge is 2.11. The van der Waals surface area contributed by atoms with Gasteiger partial charge in [0.05, 0.1) is 0 Å². The van der Waals surface area contributed by atoms with Crippen LogP contribution in [0.25, 0.3) is 0 Å². The summed E-state index contributed by atoms with van der Waals surface area (Å²) in [4.78, 5) is 2.20. The monoisotopic (exact) mass is 305 g/mol. The maximum atomic E-state index is 13.1. The number of rotatable bonds is 6. The molecule has 0 fully saturated rings. The second-order valence-corrected chi connectivity index (χ2v) is 5.18. The van der Waals surface area contributed by atoms with E-state index in [1.54, 1.807) is 0 Å². The van der Waals surface area contributed by atoms with Gasteiger partial charge in [0.1, 0.15) is 11.6 Å². The molecular formula is C13H18BrF2N. The molecule has 0 atom stereocenters. The third kappa shape index (κ3) is 5.13. The van der Waals surface area contributed by atoms with E-state index in [9.17, 15) is 8.78 Å². The van der Waals surface area contributed by atoms with Crippen molar-refractivity contribution >= 4 is 15.9 Å². The lowest BCUT2D eigenvalue weighted by molar-refractivity contribution is 0.213. The van der Waals surface area contributed by atoms with Crippen LogP contribution < -0.4 is 0 Å². The standard InChI is InChI=1S/C13H18BrF2N/c1-10(2)17(5-3-4-14)9-11-6-12(15)8-13(16)7-11/h6-8,10H,3-5,9H2,1-2H3. The van der Waals surface area contributed by atoms with Crippen molar-refractivity contribution in [1.29, 1.82) is 0 Å². The summed E-state index contributed by atoms with van der Waals surface area (Å²) in [5.74, 6) is -1.02. The molecule has 0 saturated carbocycles. The van der Waals surface area contributed by atoms with E-state index in [0.29, 0.717) is 18.2 Å². The number of benzene rings is 1. The van der Waals surface area contributed by atoms with E-state index in [2.05, 4.69) is 34.7 Å². The van der Waals surface area contributed by atoms with Gasteiger partial charge >= 0.3 is 0 Å². The highest BCUT2D eigenvalue weighted by molar-refractivity contribution is 9.09. The first-order valence-corrected chi connectivity index (χ1v) is 6.90. The van der Waals surface area contributed by atoms with E-state index in [4.69, 9.17) is 0 Å². The molecule has 1 nitrogen and oxygen atoms in total. The molecular weight excluding hydrogens is 288 g/mol. The van der Waals surface area contributed by atoms with Gasteiger partial charge in [-0.3, -0.25) is 4.90 Å². The Bertz CT molecular complexity index is 335. The molecule has 0 radical (unpaired) electrons. The lowest BCUT2D eigenvalue weighted by Crippen LogP contribution is -2.31. The maximum Gasteiger partial charge on any atom is 0.126 e. The fraction of sp³-hybridized carbons (Fsp3) is 0.538. The average Bonchev–Trinajstić information content (AvgIpc) is 2.22. The fourth-order valence-electron chi connectivity index (χ4n) is 1.72. The summed E-state index contributed by atoms with van der Waals surface area (Å²) in [6, 6.07) is 4.06. The van der Waals surface area contributed by atoms with Crippen LogP contribution in [0, 0.1) is 11.6 Å². The first-order valence-electron chi connectivity index (χ1n) is 5.78. The van der Waals surface area contributed by atoms with Crippen LogP contribution in [-0.2, 0) is 6.54 Å². The van der Waals surface area contributed by atoms with Gasteiger partial charge in [0.15, 0.2) is 0 Å². The molecule has 0 N–H and O–H groups in total. The van der Waals surface area contributed by atoms with E-state index in [1.807, 2.05) is 0 Å². The largest absolute Gasteiger partial charge is 0.297 e. The number of nitrogens with zero attached hydrogens (tertiary/aromatic N) is 1. The Labute approximate surface area is 110 Å². The summed E-state index contributed by atoms with van der Waals surface area (Å²) in [5.41, 5.74) is 0.686. The predicted octanol–water partition coefficient (Wildman–Crippen LogP) is 3.96. The molecule has 4 heteroatoms. The molecule has 96 valence electrons. The van der Waals surface area contributed by atoms with Crippen LogP contribution >= 0.6 is 15.9 Å². The van der Waals surface area contributed by atoms with Crippen molar-refractivity contribution in [2.75, 3.05) is 11.9 Å². The van der Waals surface area contributed by atoms with Crippen LogP contribution in [-0.4, -0.2) is 22.8 Å². The van der Waals surface area contributed by atoms with E-state index in [-0.39, 0.29) is 0 Å². The first-order chi connectivity index (χ1) is 8.02. The van der Waals surface area contributed by atoms with Gasteiger partial charge in [-0.1, -0.05) is 15.9 Å². The highest BCUT2D eigenvalue weighted by atomic mass is 79.9. The summed E-state index contributed by atoms with van der Waals surface area (Å²) in [6.07, 6.45) is 1.02. The van der Waals surface area contributed by atoms with Crippen LogP contribution in [0.5, 0.6) is 0 Å². The predicted molar refractivity (Wildman–Crippen MR) is 70.3 cm³/mol. The van der Waals surface area contributed by atoms with Crippen LogP contribution in [0.2, 0.25) is 0 Å². The molecule has 0 unspecified atom stereocenters. The molecule has 0 aromatic heterocycles. The number of alkyl halides is 1. The number of hydrogen-bond donors (Lipinski definition) is 0. The second-order valence-electron chi connectivity index (χ2n) is 4.38. The minimum absolute atomic E-state index is 0.361. The van der Waals surface area contributed by atoms with Gasteiger partial charge in [-0.25, -0.2) is 8.78 Å². The lowest BCUT2D eigenvalue weighted by Gasteiger charge is -2.26. The van der Waals surface area contributed by atoms with Crippen LogP contribution in [0.4, 0.5) is 8.78 Å².